The van der Waals surface area contributed by atoms with Gasteiger partial charge < -0.3 is 15.1 Å². The Morgan fingerprint density at radius 3 is 2.35 bits per heavy atom. The van der Waals surface area contributed by atoms with Crippen LogP contribution in [0.15, 0.2) is 66.7 Å². The third kappa shape index (κ3) is 5.58. The summed E-state index contributed by atoms with van der Waals surface area (Å²) >= 11 is 0. The Kier molecular flexibility index (Phi) is 7.51. The number of carbonyl (C=O) groups excluding carboxylic acids is 2. The molecule has 0 aromatic heterocycles. The standard InChI is InChI=1S/C29H35N3O2/c1-21(2)28(30-27(33)19-22-14-15-23-10-4-5-11-24(23)18-22)29(34)31(3)20-25-12-6-7-13-26(25)32-16-8-9-17-32/h4-7,10-15,18,21,28H,8-9,16-17,19-20H2,1-3H3,(H,30,33). The van der Waals surface area contributed by atoms with Crippen molar-refractivity contribution < 1.29 is 9.59 Å². The summed E-state index contributed by atoms with van der Waals surface area (Å²) in [7, 11) is 1.83. The van der Waals surface area contributed by atoms with Crippen LogP contribution in [0.4, 0.5) is 5.69 Å². The van der Waals surface area contributed by atoms with Crippen molar-refractivity contribution in [2.75, 3.05) is 25.0 Å². The summed E-state index contributed by atoms with van der Waals surface area (Å²) in [4.78, 5) is 30.4. The second-order valence-corrected chi connectivity index (χ2v) is 9.66. The summed E-state index contributed by atoms with van der Waals surface area (Å²) in [6.45, 7) is 6.60. The molecule has 1 atom stereocenters. The highest BCUT2D eigenvalue weighted by molar-refractivity contribution is 5.89. The quantitative estimate of drug-likeness (QED) is 0.530. The number of hydrogen-bond acceptors (Lipinski definition) is 3. The number of hydrogen-bond donors (Lipinski definition) is 1. The number of nitrogens with zero attached hydrogens (tertiary/aromatic N) is 2. The van der Waals surface area contributed by atoms with Crippen LogP contribution in [-0.4, -0.2) is 42.9 Å². The van der Waals surface area contributed by atoms with Gasteiger partial charge in [0.2, 0.25) is 11.8 Å². The Morgan fingerprint density at radius 2 is 1.62 bits per heavy atom. The molecule has 0 bridgehead atoms. The molecule has 2 amide bonds. The molecule has 3 aromatic rings. The molecule has 5 nitrogen and oxygen atoms in total. The minimum Gasteiger partial charge on any atom is -0.371 e. The minimum absolute atomic E-state index is 0.00988. The molecule has 4 rings (SSSR count). The maximum atomic E-state index is 13.4. The van der Waals surface area contributed by atoms with E-state index in [0.717, 1.165) is 35.0 Å². The highest BCUT2D eigenvalue weighted by Gasteiger charge is 2.28. The SMILES string of the molecule is CC(C)C(NC(=O)Cc1ccc2ccccc2c1)C(=O)N(C)Cc1ccccc1N1CCCC1. The Balaban J connectivity index is 1.42. The van der Waals surface area contributed by atoms with E-state index in [1.54, 1.807) is 4.90 Å². The number of benzene rings is 3. The predicted molar refractivity (Wildman–Crippen MR) is 139 cm³/mol. The van der Waals surface area contributed by atoms with E-state index in [9.17, 15) is 9.59 Å². The van der Waals surface area contributed by atoms with E-state index < -0.39 is 6.04 Å². The van der Waals surface area contributed by atoms with E-state index in [1.165, 1.54) is 18.5 Å². The summed E-state index contributed by atoms with van der Waals surface area (Å²) in [5.74, 6) is -0.199. The lowest BCUT2D eigenvalue weighted by atomic mass is 10.0. The molecular formula is C29H35N3O2. The largest absolute Gasteiger partial charge is 0.371 e. The molecule has 1 aliphatic heterocycles. The first-order valence-corrected chi connectivity index (χ1v) is 12.3. The molecule has 1 heterocycles. The van der Waals surface area contributed by atoms with Gasteiger partial charge in [0.1, 0.15) is 6.04 Å². The van der Waals surface area contributed by atoms with Crippen molar-refractivity contribution >= 4 is 28.3 Å². The lowest BCUT2D eigenvalue weighted by molar-refractivity contribution is -0.136. The molecule has 5 heteroatoms. The molecule has 0 radical (unpaired) electrons. The molecule has 1 saturated heterocycles. The summed E-state index contributed by atoms with van der Waals surface area (Å²) in [5, 5.41) is 5.27. The molecule has 0 spiro atoms. The average molecular weight is 458 g/mol. The predicted octanol–water partition coefficient (Wildman–Crippen LogP) is 4.78. The van der Waals surface area contributed by atoms with E-state index in [4.69, 9.17) is 0 Å². The molecule has 0 saturated carbocycles. The van der Waals surface area contributed by atoms with Gasteiger partial charge in [-0.15, -0.1) is 0 Å². The van der Waals surface area contributed by atoms with Crippen molar-refractivity contribution in [1.82, 2.24) is 10.2 Å². The van der Waals surface area contributed by atoms with Gasteiger partial charge in [-0.05, 0) is 46.7 Å². The Hall–Kier alpha value is -3.34. The third-order valence-corrected chi connectivity index (χ3v) is 6.65. The molecule has 34 heavy (non-hydrogen) atoms. The number of fused-ring (bicyclic) bond motifs is 1. The average Bonchev–Trinajstić information content (AvgIpc) is 3.37. The van der Waals surface area contributed by atoms with Crippen molar-refractivity contribution in [2.24, 2.45) is 5.92 Å². The van der Waals surface area contributed by atoms with Gasteiger partial charge in [0.25, 0.3) is 0 Å². The summed E-state index contributed by atoms with van der Waals surface area (Å²) in [5.41, 5.74) is 3.30. The molecule has 0 aliphatic carbocycles. The van der Waals surface area contributed by atoms with Gasteiger partial charge in [-0.3, -0.25) is 9.59 Å². The molecule has 1 fully saturated rings. The van der Waals surface area contributed by atoms with Crippen molar-refractivity contribution in [3.8, 4) is 0 Å². The van der Waals surface area contributed by atoms with E-state index >= 15 is 0 Å². The summed E-state index contributed by atoms with van der Waals surface area (Å²) < 4.78 is 0. The highest BCUT2D eigenvalue weighted by atomic mass is 16.2. The monoisotopic (exact) mass is 457 g/mol. The highest BCUT2D eigenvalue weighted by Crippen LogP contribution is 2.26. The summed E-state index contributed by atoms with van der Waals surface area (Å²) in [6.07, 6.45) is 2.67. The number of likely N-dealkylation sites (N-methyl/N-ethyl adjacent to an activating group) is 1. The van der Waals surface area contributed by atoms with E-state index in [-0.39, 0.29) is 24.2 Å². The van der Waals surface area contributed by atoms with Crippen LogP contribution in [0.1, 0.15) is 37.8 Å². The third-order valence-electron chi connectivity index (χ3n) is 6.65. The maximum Gasteiger partial charge on any atom is 0.245 e. The van der Waals surface area contributed by atoms with Crippen LogP contribution in [0.3, 0.4) is 0 Å². The van der Waals surface area contributed by atoms with Crippen molar-refractivity contribution in [1.29, 1.82) is 0 Å². The van der Waals surface area contributed by atoms with Gasteiger partial charge in [-0.2, -0.15) is 0 Å². The fourth-order valence-corrected chi connectivity index (χ4v) is 4.75. The van der Waals surface area contributed by atoms with Gasteiger partial charge in [0.15, 0.2) is 0 Å². The van der Waals surface area contributed by atoms with Crippen LogP contribution in [0.2, 0.25) is 0 Å². The topological polar surface area (TPSA) is 52.7 Å². The van der Waals surface area contributed by atoms with Gasteiger partial charge in [-0.1, -0.05) is 74.5 Å². The number of carbonyl (C=O) groups is 2. The molecule has 1 unspecified atom stereocenters. The van der Waals surface area contributed by atoms with Crippen LogP contribution in [0.25, 0.3) is 10.8 Å². The fourth-order valence-electron chi connectivity index (χ4n) is 4.75. The van der Waals surface area contributed by atoms with Crippen molar-refractivity contribution in [3.63, 3.8) is 0 Å². The second kappa shape index (κ2) is 10.7. The van der Waals surface area contributed by atoms with Gasteiger partial charge in [-0.25, -0.2) is 0 Å². The molecule has 3 aromatic carbocycles. The number of nitrogens with one attached hydrogen (secondary N) is 1. The smallest absolute Gasteiger partial charge is 0.245 e. The zero-order valence-electron chi connectivity index (χ0n) is 20.5. The Bertz CT molecular complexity index is 1150. The normalized spacial score (nSPS) is 14.4. The Morgan fingerprint density at radius 1 is 0.941 bits per heavy atom. The van der Waals surface area contributed by atoms with Gasteiger partial charge in [0.05, 0.1) is 6.42 Å². The first-order chi connectivity index (χ1) is 16.4. The molecule has 1 aliphatic rings. The fraction of sp³-hybridized carbons (Fsp3) is 0.379. The van der Waals surface area contributed by atoms with Crippen LogP contribution in [-0.2, 0) is 22.6 Å². The lowest BCUT2D eigenvalue weighted by Gasteiger charge is -2.29. The van der Waals surface area contributed by atoms with E-state index in [2.05, 4.69) is 34.5 Å². The van der Waals surface area contributed by atoms with Crippen LogP contribution in [0, 0.1) is 5.92 Å². The zero-order chi connectivity index (χ0) is 24.1. The zero-order valence-corrected chi connectivity index (χ0v) is 20.5. The Labute approximate surface area is 202 Å². The van der Waals surface area contributed by atoms with Crippen molar-refractivity contribution in [2.45, 2.75) is 45.7 Å². The minimum atomic E-state index is -0.558. The van der Waals surface area contributed by atoms with Crippen LogP contribution >= 0.6 is 0 Å². The van der Waals surface area contributed by atoms with E-state index in [0.29, 0.717) is 6.54 Å². The number of amides is 2. The second-order valence-electron chi connectivity index (χ2n) is 9.66. The number of anilines is 1. The molecule has 178 valence electrons. The summed E-state index contributed by atoms with van der Waals surface area (Å²) in [6, 6.07) is 21.9. The maximum absolute atomic E-state index is 13.4. The first-order valence-electron chi connectivity index (χ1n) is 12.3. The number of rotatable bonds is 8. The molecular weight excluding hydrogens is 422 g/mol. The lowest BCUT2D eigenvalue weighted by Crippen LogP contribution is -2.50. The number of para-hydroxylation sites is 1. The van der Waals surface area contributed by atoms with E-state index in [1.807, 2.05) is 63.4 Å². The van der Waals surface area contributed by atoms with Gasteiger partial charge >= 0.3 is 0 Å². The van der Waals surface area contributed by atoms with Crippen LogP contribution < -0.4 is 10.2 Å². The van der Waals surface area contributed by atoms with Gasteiger partial charge in [0, 0.05) is 32.4 Å². The molecule has 1 N–H and O–H groups in total. The van der Waals surface area contributed by atoms with Crippen LogP contribution in [0.5, 0.6) is 0 Å². The first kappa shape index (κ1) is 23.8. The van der Waals surface area contributed by atoms with Crippen molar-refractivity contribution in [3.05, 3.63) is 77.9 Å².